The summed E-state index contributed by atoms with van der Waals surface area (Å²) in [7, 11) is 0. The number of piperazine rings is 1. The summed E-state index contributed by atoms with van der Waals surface area (Å²) in [6.07, 6.45) is 0. The highest BCUT2D eigenvalue weighted by Crippen LogP contribution is 2.17. The van der Waals surface area contributed by atoms with Crippen LogP contribution in [0.2, 0.25) is 0 Å². The summed E-state index contributed by atoms with van der Waals surface area (Å²) in [5.74, 6) is 1.18. The fourth-order valence-electron chi connectivity index (χ4n) is 2.82. The third-order valence-electron chi connectivity index (χ3n) is 4.13. The molecule has 132 valence electrons. The zero-order chi connectivity index (χ0) is 15.0. The second-order valence-corrected chi connectivity index (χ2v) is 6.93. The van der Waals surface area contributed by atoms with Crippen LogP contribution in [0.5, 0.6) is 0 Å². The summed E-state index contributed by atoms with van der Waals surface area (Å²) in [4.78, 5) is 6.54. The Morgan fingerprint density at radius 3 is 1.88 bits per heavy atom. The van der Waals surface area contributed by atoms with Crippen molar-refractivity contribution in [3.05, 3.63) is 66.2 Å². The number of benzene rings is 2. The quantitative estimate of drug-likeness (QED) is 0.679. The van der Waals surface area contributed by atoms with Crippen molar-refractivity contribution >= 4 is 36.6 Å². The maximum Gasteiger partial charge on any atom is 0.0234 e. The molecule has 2 aromatic carbocycles. The van der Waals surface area contributed by atoms with Gasteiger partial charge in [0.2, 0.25) is 0 Å². The average Bonchev–Trinajstić information content (AvgIpc) is 2.58. The lowest BCUT2D eigenvalue weighted by atomic mass is 10.2. The molecule has 5 heteroatoms. The standard InChI is InChI=1S/C19H24N2S.2ClH/c1-3-7-18(8-4-1)17-21-13-11-20(12-14-21)15-16-22-19-9-5-2-6-10-19;;/h1-10H,11-17H2;2*1H. The Hall–Kier alpha value is -0.710. The van der Waals surface area contributed by atoms with E-state index in [4.69, 9.17) is 0 Å². The van der Waals surface area contributed by atoms with Crippen molar-refractivity contribution in [2.45, 2.75) is 11.4 Å². The van der Waals surface area contributed by atoms with Gasteiger partial charge in [-0.25, -0.2) is 0 Å². The van der Waals surface area contributed by atoms with E-state index in [2.05, 4.69) is 70.5 Å². The minimum absolute atomic E-state index is 0. The van der Waals surface area contributed by atoms with Gasteiger partial charge in [0.1, 0.15) is 0 Å². The first kappa shape index (κ1) is 21.3. The number of rotatable bonds is 6. The first-order valence-corrected chi connectivity index (χ1v) is 9.05. The van der Waals surface area contributed by atoms with Gasteiger partial charge < -0.3 is 0 Å². The maximum atomic E-state index is 2.59. The molecule has 1 aliphatic rings. The summed E-state index contributed by atoms with van der Waals surface area (Å²) in [6.45, 7) is 7.05. The van der Waals surface area contributed by atoms with Crippen LogP contribution in [0.3, 0.4) is 0 Å². The molecule has 0 amide bonds. The molecular formula is C19H26Cl2N2S. The molecule has 0 atom stereocenters. The zero-order valence-corrected chi connectivity index (χ0v) is 16.3. The molecule has 0 N–H and O–H groups in total. The Kier molecular flexibility index (Phi) is 10.5. The molecule has 3 rings (SSSR count). The second kappa shape index (κ2) is 11.8. The van der Waals surface area contributed by atoms with Crippen LogP contribution in [-0.4, -0.2) is 48.3 Å². The molecule has 2 nitrogen and oxygen atoms in total. The Balaban J connectivity index is 0.00000144. The van der Waals surface area contributed by atoms with Gasteiger partial charge in [-0.2, -0.15) is 0 Å². The number of thioether (sulfide) groups is 1. The minimum atomic E-state index is 0. The van der Waals surface area contributed by atoms with Crippen molar-refractivity contribution in [1.82, 2.24) is 9.80 Å². The van der Waals surface area contributed by atoms with Crippen molar-refractivity contribution in [3.8, 4) is 0 Å². The molecule has 0 spiro atoms. The van der Waals surface area contributed by atoms with E-state index in [1.807, 2.05) is 11.8 Å². The number of hydrogen-bond acceptors (Lipinski definition) is 3. The summed E-state index contributed by atoms with van der Waals surface area (Å²) in [6, 6.07) is 21.5. The van der Waals surface area contributed by atoms with E-state index in [9.17, 15) is 0 Å². The van der Waals surface area contributed by atoms with Gasteiger partial charge >= 0.3 is 0 Å². The van der Waals surface area contributed by atoms with Crippen LogP contribution in [0.15, 0.2) is 65.6 Å². The predicted octanol–water partition coefficient (Wildman–Crippen LogP) is 4.44. The molecule has 24 heavy (non-hydrogen) atoms. The third kappa shape index (κ3) is 7.04. The van der Waals surface area contributed by atoms with Gasteiger partial charge in [0.15, 0.2) is 0 Å². The van der Waals surface area contributed by atoms with Gasteiger partial charge in [-0.15, -0.1) is 36.6 Å². The summed E-state index contributed by atoms with van der Waals surface area (Å²) >= 11 is 1.96. The maximum absolute atomic E-state index is 2.59. The number of hydrogen-bond donors (Lipinski definition) is 0. The smallest absolute Gasteiger partial charge is 0.0234 e. The van der Waals surface area contributed by atoms with E-state index in [-0.39, 0.29) is 24.8 Å². The Morgan fingerprint density at radius 1 is 0.708 bits per heavy atom. The monoisotopic (exact) mass is 384 g/mol. The molecule has 0 saturated carbocycles. The third-order valence-corrected chi connectivity index (χ3v) is 5.13. The van der Waals surface area contributed by atoms with E-state index >= 15 is 0 Å². The number of halogens is 2. The molecule has 2 aromatic rings. The Labute approximate surface area is 162 Å². The first-order valence-electron chi connectivity index (χ1n) is 8.07. The molecule has 0 aromatic heterocycles. The zero-order valence-electron chi connectivity index (χ0n) is 13.8. The topological polar surface area (TPSA) is 6.48 Å². The summed E-state index contributed by atoms with van der Waals surface area (Å²) in [5.41, 5.74) is 1.43. The van der Waals surface area contributed by atoms with Crippen LogP contribution in [0.1, 0.15) is 5.56 Å². The summed E-state index contributed by atoms with van der Waals surface area (Å²) in [5, 5.41) is 0. The Bertz CT molecular complexity index is 546. The van der Waals surface area contributed by atoms with Crippen LogP contribution >= 0.6 is 36.6 Å². The normalized spacial score (nSPS) is 15.3. The molecule has 0 aliphatic carbocycles. The second-order valence-electron chi connectivity index (χ2n) is 5.76. The summed E-state index contributed by atoms with van der Waals surface area (Å²) < 4.78 is 0. The van der Waals surface area contributed by atoms with E-state index in [1.54, 1.807) is 0 Å². The van der Waals surface area contributed by atoms with E-state index in [1.165, 1.54) is 48.9 Å². The van der Waals surface area contributed by atoms with Crippen molar-refractivity contribution in [2.75, 3.05) is 38.5 Å². The highest BCUT2D eigenvalue weighted by atomic mass is 35.5. The molecule has 0 radical (unpaired) electrons. The van der Waals surface area contributed by atoms with E-state index in [0.29, 0.717) is 0 Å². The molecule has 1 aliphatic heterocycles. The van der Waals surface area contributed by atoms with Crippen LogP contribution < -0.4 is 0 Å². The van der Waals surface area contributed by atoms with E-state index < -0.39 is 0 Å². The number of nitrogens with zero attached hydrogens (tertiary/aromatic N) is 2. The molecule has 0 unspecified atom stereocenters. The van der Waals surface area contributed by atoms with Gasteiger partial charge in [-0.3, -0.25) is 9.80 Å². The lowest BCUT2D eigenvalue weighted by molar-refractivity contribution is 0.133. The largest absolute Gasteiger partial charge is 0.300 e. The van der Waals surface area contributed by atoms with Gasteiger partial charge in [-0.05, 0) is 17.7 Å². The average molecular weight is 385 g/mol. The first-order chi connectivity index (χ1) is 10.9. The fourth-order valence-corrected chi connectivity index (χ4v) is 3.76. The molecule has 1 saturated heterocycles. The van der Waals surface area contributed by atoms with Crippen LogP contribution in [0.4, 0.5) is 0 Å². The van der Waals surface area contributed by atoms with Gasteiger partial charge in [0.05, 0.1) is 0 Å². The van der Waals surface area contributed by atoms with Gasteiger partial charge in [-0.1, -0.05) is 48.5 Å². The molecule has 1 fully saturated rings. The van der Waals surface area contributed by atoms with E-state index in [0.717, 1.165) is 6.54 Å². The van der Waals surface area contributed by atoms with Crippen LogP contribution in [-0.2, 0) is 6.54 Å². The van der Waals surface area contributed by atoms with Crippen LogP contribution in [0.25, 0.3) is 0 Å². The molecule has 1 heterocycles. The SMILES string of the molecule is Cl.Cl.c1ccc(CN2CCN(CCSc3ccccc3)CC2)cc1. The lowest BCUT2D eigenvalue weighted by Gasteiger charge is -2.34. The van der Waals surface area contributed by atoms with Crippen molar-refractivity contribution in [1.29, 1.82) is 0 Å². The Morgan fingerprint density at radius 2 is 1.25 bits per heavy atom. The fraction of sp³-hybridized carbons (Fsp3) is 0.368. The predicted molar refractivity (Wildman–Crippen MR) is 110 cm³/mol. The van der Waals surface area contributed by atoms with Crippen molar-refractivity contribution in [3.63, 3.8) is 0 Å². The highest BCUT2D eigenvalue weighted by Gasteiger charge is 2.16. The van der Waals surface area contributed by atoms with Gasteiger partial charge in [0, 0.05) is 49.9 Å². The highest BCUT2D eigenvalue weighted by molar-refractivity contribution is 7.99. The van der Waals surface area contributed by atoms with Crippen molar-refractivity contribution < 1.29 is 0 Å². The lowest BCUT2D eigenvalue weighted by Crippen LogP contribution is -2.46. The molecule has 0 bridgehead atoms. The van der Waals surface area contributed by atoms with Crippen molar-refractivity contribution in [2.24, 2.45) is 0 Å². The van der Waals surface area contributed by atoms with Crippen LogP contribution in [0, 0.1) is 0 Å². The van der Waals surface area contributed by atoms with Gasteiger partial charge in [0.25, 0.3) is 0 Å². The minimum Gasteiger partial charge on any atom is -0.300 e. The molecular weight excluding hydrogens is 359 g/mol.